The van der Waals surface area contributed by atoms with E-state index in [0.717, 1.165) is 17.5 Å². The first-order chi connectivity index (χ1) is 10.0. The molecule has 3 heteroatoms. The smallest absolute Gasteiger partial charge is 0.165 e. The van der Waals surface area contributed by atoms with Crippen molar-refractivity contribution in [3.05, 3.63) is 53.8 Å². The van der Waals surface area contributed by atoms with Crippen molar-refractivity contribution in [1.82, 2.24) is 0 Å². The van der Waals surface area contributed by atoms with Crippen LogP contribution in [0, 0.1) is 11.7 Å². The van der Waals surface area contributed by atoms with Crippen LogP contribution in [-0.2, 0) is 6.42 Å². The van der Waals surface area contributed by atoms with Gasteiger partial charge in [0.15, 0.2) is 11.6 Å². The van der Waals surface area contributed by atoms with E-state index in [-0.39, 0.29) is 17.6 Å². The molecule has 0 saturated carbocycles. The minimum absolute atomic E-state index is 0.161. The van der Waals surface area contributed by atoms with Crippen molar-refractivity contribution < 1.29 is 9.13 Å². The molecule has 0 spiro atoms. The molecule has 0 bridgehead atoms. The highest BCUT2D eigenvalue weighted by atomic mass is 19.1. The third-order valence-corrected chi connectivity index (χ3v) is 3.77. The summed E-state index contributed by atoms with van der Waals surface area (Å²) in [7, 11) is 1.46. The zero-order valence-corrected chi connectivity index (χ0v) is 12.8. The van der Waals surface area contributed by atoms with Crippen LogP contribution in [0.15, 0.2) is 42.5 Å². The Morgan fingerprint density at radius 1 is 1.05 bits per heavy atom. The average molecular weight is 287 g/mol. The molecule has 0 amide bonds. The van der Waals surface area contributed by atoms with Crippen LogP contribution in [0.25, 0.3) is 11.1 Å². The van der Waals surface area contributed by atoms with Crippen molar-refractivity contribution in [3.8, 4) is 16.9 Å². The van der Waals surface area contributed by atoms with Gasteiger partial charge in [-0.25, -0.2) is 4.39 Å². The molecule has 0 saturated heterocycles. The summed E-state index contributed by atoms with van der Waals surface area (Å²) in [5, 5.41) is 0. The minimum atomic E-state index is -0.346. The Morgan fingerprint density at radius 2 is 1.67 bits per heavy atom. The monoisotopic (exact) mass is 287 g/mol. The number of halogens is 1. The number of nitrogens with two attached hydrogens (primary N) is 1. The van der Waals surface area contributed by atoms with Crippen molar-refractivity contribution in [2.75, 3.05) is 7.11 Å². The fourth-order valence-corrected chi connectivity index (χ4v) is 2.19. The molecule has 2 aromatic carbocycles. The summed E-state index contributed by atoms with van der Waals surface area (Å²) < 4.78 is 18.7. The summed E-state index contributed by atoms with van der Waals surface area (Å²) in [5.74, 6) is 0.375. The Morgan fingerprint density at radius 3 is 2.19 bits per heavy atom. The molecule has 112 valence electrons. The standard InChI is InChI=1S/C18H22FNO/c1-12(2)17(20)10-13-4-6-14(7-5-13)15-8-9-18(21-3)16(19)11-15/h4-9,11-12,17H,10,20H2,1-3H3. The molecule has 2 N–H and O–H groups in total. The molecule has 21 heavy (non-hydrogen) atoms. The minimum Gasteiger partial charge on any atom is -0.494 e. The van der Waals surface area contributed by atoms with Gasteiger partial charge in [-0.3, -0.25) is 0 Å². The first kappa shape index (κ1) is 15.5. The van der Waals surface area contributed by atoms with Gasteiger partial charge in [-0.2, -0.15) is 0 Å². The molecular weight excluding hydrogens is 265 g/mol. The zero-order valence-electron chi connectivity index (χ0n) is 12.8. The van der Waals surface area contributed by atoms with E-state index in [4.69, 9.17) is 10.5 Å². The van der Waals surface area contributed by atoms with Crippen molar-refractivity contribution in [2.24, 2.45) is 11.7 Å². The van der Waals surface area contributed by atoms with Gasteiger partial charge >= 0.3 is 0 Å². The Labute approximate surface area is 125 Å². The second-order valence-electron chi connectivity index (χ2n) is 5.66. The molecule has 1 atom stereocenters. The van der Waals surface area contributed by atoms with Gasteiger partial charge in [0, 0.05) is 6.04 Å². The molecule has 2 nitrogen and oxygen atoms in total. The highest BCUT2D eigenvalue weighted by molar-refractivity contribution is 5.64. The SMILES string of the molecule is COc1ccc(-c2ccc(CC(N)C(C)C)cc2)cc1F. The van der Waals surface area contributed by atoms with Crippen LogP contribution in [0.4, 0.5) is 4.39 Å². The van der Waals surface area contributed by atoms with Crippen molar-refractivity contribution in [3.63, 3.8) is 0 Å². The van der Waals surface area contributed by atoms with Crippen molar-refractivity contribution >= 4 is 0 Å². The summed E-state index contributed by atoms with van der Waals surface area (Å²) in [6, 6.07) is 13.3. The van der Waals surface area contributed by atoms with Gasteiger partial charge in [-0.1, -0.05) is 44.2 Å². The van der Waals surface area contributed by atoms with Gasteiger partial charge in [0.05, 0.1) is 7.11 Å². The van der Waals surface area contributed by atoms with E-state index in [9.17, 15) is 4.39 Å². The molecule has 0 aliphatic rings. The number of ether oxygens (including phenoxy) is 1. The molecular formula is C18H22FNO. The lowest BCUT2D eigenvalue weighted by molar-refractivity contribution is 0.386. The van der Waals surface area contributed by atoms with E-state index in [2.05, 4.69) is 26.0 Å². The van der Waals surface area contributed by atoms with Crippen LogP contribution in [0.2, 0.25) is 0 Å². The first-order valence-electron chi connectivity index (χ1n) is 7.19. The Balaban J connectivity index is 2.17. The molecule has 2 rings (SSSR count). The summed E-state index contributed by atoms with van der Waals surface area (Å²) in [4.78, 5) is 0. The Hall–Kier alpha value is -1.87. The molecule has 1 unspecified atom stereocenters. The van der Waals surface area contributed by atoms with Crippen molar-refractivity contribution in [1.29, 1.82) is 0 Å². The number of hydrogen-bond acceptors (Lipinski definition) is 2. The lowest BCUT2D eigenvalue weighted by atomic mass is 9.96. The predicted molar refractivity (Wildman–Crippen MR) is 84.9 cm³/mol. The van der Waals surface area contributed by atoms with E-state index in [1.54, 1.807) is 6.07 Å². The summed E-state index contributed by atoms with van der Waals surface area (Å²) >= 11 is 0. The number of methoxy groups -OCH3 is 1. The normalized spacial score (nSPS) is 12.5. The van der Waals surface area contributed by atoms with E-state index in [1.807, 2.05) is 18.2 Å². The lowest BCUT2D eigenvalue weighted by Crippen LogP contribution is -2.28. The van der Waals surface area contributed by atoms with E-state index in [1.165, 1.54) is 18.7 Å². The maximum atomic E-state index is 13.7. The lowest BCUT2D eigenvalue weighted by Gasteiger charge is -2.15. The van der Waals surface area contributed by atoms with Gasteiger partial charge in [-0.15, -0.1) is 0 Å². The van der Waals surface area contributed by atoms with Gasteiger partial charge < -0.3 is 10.5 Å². The second-order valence-corrected chi connectivity index (χ2v) is 5.66. The molecule has 0 aromatic heterocycles. The summed E-state index contributed by atoms with van der Waals surface area (Å²) in [6.45, 7) is 4.25. The molecule has 0 aliphatic heterocycles. The first-order valence-corrected chi connectivity index (χ1v) is 7.19. The van der Waals surface area contributed by atoms with Crippen LogP contribution in [0.5, 0.6) is 5.75 Å². The molecule has 0 radical (unpaired) electrons. The van der Waals surface area contributed by atoms with E-state index in [0.29, 0.717) is 5.92 Å². The molecule has 0 heterocycles. The molecule has 0 aliphatic carbocycles. The van der Waals surface area contributed by atoms with Crippen LogP contribution >= 0.6 is 0 Å². The number of rotatable bonds is 5. The number of benzene rings is 2. The number of hydrogen-bond donors (Lipinski definition) is 1. The van der Waals surface area contributed by atoms with Crippen molar-refractivity contribution in [2.45, 2.75) is 26.3 Å². The van der Waals surface area contributed by atoms with Gasteiger partial charge in [0.25, 0.3) is 0 Å². The highest BCUT2D eigenvalue weighted by Gasteiger charge is 2.09. The Kier molecular flexibility index (Phi) is 4.97. The summed E-state index contributed by atoms with van der Waals surface area (Å²) in [6.07, 6.45) is 0.856. The van der Waals surface area contributed by atoms with E-state index >= 15 is 0 Å². The van der Waals surface area contributed by atoms with Crippen LogP contribution in [0.1, 0.15) is 19.4 Å². The third kappa shape index (κ3) is 3.82. The van der Waals surface area contributed by atoms with E-state index < -0.39 is 0 Å². The maximum Gasteiger partial charge on any atom is 0.165 e. The van der Waals surface area contributed by atoms with Crippen LogP contribution in [-0.4, -0.2) is 13.2 Å². The van der Waals surface area contributed by atoms with Gasteiger partial charge in [0.1, 0.15) is 0 Å². The fourth-order valence-electron chi connectivity index (χ4n) is 2.19. The molecule has 0 fully saturated rings. The average Bonchev–Trinajstić information content (AvgIpc) is 2.47. The maximum absolute atomic E-state index is 13.7. The Bertz CT molecular complexity index is 593. The highest BCUT2D eigenvalue weighted by Crippen LogP contribution is 2.26. The topological polar surface area (TPSA) is 35.2 Å². The van der Waals surface area contributed by atoms with Crippen LogP contribution in [0.3, 0.4) is 0 Å². The zero-order chi connectivity index (χ0) is 15.4. The predicted octanol–water partition coefficient (Wildman–Crippen LogP) is 4.03. The van der Waals surface area contributed by atoms with Crippen LogP contribution < -0.4 is 10.5 Å². The fraction of sp³-hybridized carbons (Fsp3) is 0.333. The van der Waals surface area contributed by atoms with Gasteiger partial charge in [0.2, 0.25) is 0 Å². The quantitative estimate of drug-likeness (QED) is 0.901. The molecule has 2 aromatic rings. The van der Waals surface area contributed by atoms with Gasteiger partial charge in [-0.05, 0) is 41.2 Å². The summed E-state index contributed by atoms with van der Waals surface area (Å²) in [5.41, 5.74) is 9.11. The third-order valence-electron chi connectivity index (χ3n) is 3.77. The second kappa shape index (κ2) is 6.72. The largest absolute Gasteiger partial charge is 0.494 e.